The van der Waals surface area contributed by atoms with Crippen LogP contribution in [-0.2, 0) is 11.2 Å². The number of aromatic amines is 1. The number of tetrazole rings is 1. The Morgan fingerprint density at radius 2 is 2.03 bits per heavy atom. The molecule has 1 fully saturated rings. The number of hydrogen-bond donors (Lipinski definition) is 3. The molecule has 2 atom stereocenters. The summed E-state index contributed by atoms with van der Waals surface area (Å²) in [5, 5.41) is 27.5. The predicted molar refractivity (Wildman–Crippen MR) is 123 cm³/mol. The average Bonchev–Trinajstić information content (AvgIpc) is 3.37. The van der Waals surface area contributed by atoms with Crippen LogP contribution in [0, 0.1) is 5.92 Å². The lowest BCUT2D eigenvalue weighted by atomic mass is 9.83. The summed E-state index contributed by atoms with van der Waals surface area (Å²) in [5.74, 6) is -0.748. The molecule has 1 aromatic carbocycles. The Morgan fingerprint density at radius 3 is 2.76 bits per heavy atom. The molecule has 1 aliphatic heterocycles. The van der Waals surface area contributed by atoms with Gasteiger partial charge >= 0.3 is 5.97 Å². The van der Waals surface area contributed by atoms with Gasteiger partial charge in [0.25, 0.3) is 0 Å². The van der Waals surface area contributed by atoms with Crippen molar-refractivity contribution in [3.05, 3.63) is 53.9 Å². The summed E-state index contributed by atoms with van der Waals surface area (Å²) in [5.41, 5.74) is 2.77. The molecule has 0 aliphatic carbocycles. The maximum absolute atomic E-state index is 12.0. The molecule has 2 unspecified atom stereocenters. The lowest BCUT2D eigenvalue weighted by Gasteiger charge is -2.23. The van der Waals surface area contributed by atoms with E-state index in [0.29, 0.717) is 24.5 Å². The van der Waals surface area contributed by atoms with Gasteiger partial charge in [-0.25, -0.2) is 4.98 Å². The van der Waals surface area contributed by atoms with Gasteiger partial charge < -0.3 is 15.2 Å². The second-order valence-electron chi connectivity index (χ2n) is 8.44. The van der Waals surface area contributed by atoms with Gasteiger partial charge in [0.15, 0.2) is 5.82 Å². The number of aliphatic carboxylic acids is 1. The van der Waals surface area contributed by atoms with E-state index in [9.17, 15) is 9.90 Å². The molecular formula is C24H30N6O3. The van der Waals surface area contributed by atoms with E-state index in [2.05, 4.69) is 32.0 Å². The molecule has 9 heteroatoms. The van der Waals surface area contributed by atoms with Crippen LogP contribution in [0.1, 0.15) is 49.9 Å². The highest BCUT2D eigenvalue weighted by Gasteiger charge is 2.32. The lowest BCUT2D eigenvalue weighted by molar-refractivity contribution is -0.142. The number of ether oxygens (including phenoxy) is 1. The molecule has 0 saturated carbocycles. The third-order valence-electron chi connectivity index (χ3n) is 6.07. The van der Waals surface area contributed by atoms with E-state index in [1.165, 1.54) is 0 Å². The van der Waals surface area contributed by atoms with Crippen LogP contribution in [0.15, 0.2) is 42.5 Å². The van der Waals surface area contributed by atoms with Crippen LogP contribution in [0.3, 0.4) is 0 Å². The standard InChI is InChI=1S/C24H30N6O3/c1-2-5-19(24(31)32)20(23-27-29-30-28-23)15-16-6-3-7-17(14-16)21-8-4-9-22(26-21)33-18-10-12-25-13-11-18/h3-4,6-9,14,18-20,25H,2,5,10-13,15H2,1H3,(H,31,32)(H,27,28,29,30). The normalized spacial score (nSPS) is 16.3. The van der Waals surface area contributed by atoms with Crippen molar-refractivity contribution in [1.82, 2.24) is 30.9 Å². The zero-order chi connectivity index (χ0) is 23.0. The van der Waals surface area contributed by atoms with Crippen LogP contribution in [0.2, 0.25) is 0 Å². The molecule has 1 saturated heterocycles. The average molecular weight is 451 g/mol. The number of pyridine rings is 1. The number of carboxylic acids is 1. The van der Waals surface area contributed by atoms with E-state index in [1.807, 2.05) is 43.3 Å². The number of aromatic nitrogens is 5. The van der Waals surface area contributed by atoms with Crippen molar-refractivity contribution in [2.45, 2.75) is 51.0 Å². The summed E-state index contributed by atoms with van der Waals surface area (Å²) >= 11 is 0. The Hall–Kier alpha value is -3.33. The second-order valence-corrected chi connectivity index (χ2v) is 8.44. The van der Waals surface area contributed by atoms with Crippen LogP contribution in [-0.4, -0.2) is 55.9 Å². The fourth-order valence-electron chi connectivity index (χ4n) is 4.38. The fourth-order valence-corrected chi connectivity index (χ4v) is 4.38. The smallest absolute Gasteiger partial charge is 0.307 e. The van der Waals surface area contributed by atoms with Gasteiger partial charge in [0.2, 0.25) is 5.88 Å². The van der Waals surface area contributed by atoms with Crippen LogP contribution in [0.5, 0.6) is 5.88 Å². The Morgan fingerprint density at radius 1 is 1.21 bits per heavy atom. The molecule has 3 heterocycles. The first kappa shape index (κ1) is 22.8. The molecule has 2 aromatic heterocycles. The highest BCUT2D eigenvalue weighted by molar-refractivity contribution is 5.71. The minimum atomic E-state index is -0.841. The topological polar surface area (TPSA) is 126 Å². The van der Waals surface area contributed by atoms with E-state index in [0.717, 1.165) is 49.2 Å². The molecule has 1 aliphatic rings. The summed E-state index contributed by atoms with van der Waals surface area (Å²) in [6.07, 6.45) is 3.94. The van der Waals surface area contributed by atoms with Crippen LogP contribution >= 0.6 is 0 Å². The van der Waals surface area contributed by atoms with E-state index < -0.39 is 11.9 Å². The van der Waals surface area contributed by atoms with Gasteiger partial charge in [-0.3, -0.25) is 4.79 Å². The number of piperidine rings is 1. The molecule has 0 amide bonds. The summed E-state index contributed by atoms with van der Waals surface area (Å²) in [7, 11) is 0. The van der Waals surface area contributed by atoms with Gasteiger partial charge in [-0.15, -0.1) is 10.2 Å². The van der Waals surface area contributed by atoms with Crippen molar-refractivity contribution in [1.29, 1.82) is 0 Å². The summed E-state index contributed by atoms with van der Waals surface area (Å²) in [4.78, 5) is 16.7. The summed E-state index contributed by atoms with van der Waals surface area (Å²) < 4.78 is 6.10. The number of carbonyl (C=O) groups is 1. The third kappa shape index (κ3) is 5.92. The number of carboxylic acid groups (broad SMARTS) is 1. The van der Waals surface area contributed by atoms with Gasteiger partial charge in [0.05, 0.1) is 11.6 Å². The zero-order valence-corrected chi connectivity index (χ0v) is 18.8. The molecule has 0 bridgehead atoms. The van der Waals surface area contributed by atoms with Crippen molar-refractivity contribution in [2.24, 2.45) is 5.92 Å². The van der Waals surface area contributed by atoms with E-state index in [1.54, 1.807) is 0 Å². The zero-order valence-electron chi connectivity index (χ0n) is 18.8. The maximum atomic E-state index is 12.0. The molecule has 0 spiro atoms. The van der Waals surface area contributed by atoms with Crippen LogP contribution < -0.4 is 10.1 Å². The molecule has 33 heavy (non-hydrogen) atoms. The van der Waals surface area contributed by atoms with E-state index in [-0.39, 0.29) is 12.0 Å². The van der Waals surface area contributed by atoms with Gasteiger partial charge in [-0.1, -0.05) is 42.8 Å². The van der Waals surface area contributed by atoms with E-state index in [4.69, 9.17) is 9.72 Å². The first-order valence-corrected chi connectivity index (χ1v) is 11.5. The number of H-pyrrole nitrogens is 1. The monoisotopic (exact) mass is 450 g/mol. The number of nitrogens with one attached hydrogen (secondary N) is 2. The fraction of sp³-hybridized carbons (Fsp3) is 0.458. The number of nitrogens with zero attached hydrogens (tertiary/aromatic N) is 4. The second kappa shape index (κ2) is 11.0. The highest BCUT2D eigenvalue weighted by Crippen LogP contribution is 2.31. The molecular weight excluding hydrogens is 420 g/mol. The van der Waals surface area contributed by atoms with Gasteiger partial charge in [0, 0.05) is 17.5 Å². The number of rotatable bonds is 10. The Balaban J connectivity index is 1.55. The quantitative estimate of drug-likeness (QED) is 0.430. The Kier molecular flexibility index (Phi) is 7.62. The Labute approximate surface area is 193 Å². The first-order chi connectivity index (χ1) is 16.1. The first-order valence-electron chi connectivity index (χ1n) is 11.5. The molecule has 3 N–H and O–H groups in total. The van der Waals surface area contributed by atoms with Crippen LogP contribution in [0.4, 0.5) is 0 Å². The van der Waals surface area contributed by atoms with Crippen molar-refractivity contribution in [3.8, 4) is 17.1 Å². The van der Waals surface area contributed by atoms with Crippen molar-refractivity contribution in [2.75, 3.05) is 13.1 Å². The molecule has 174 valence electrons. The number of hydrogen-bond acceptors (Lipinski definition) is 7. The molecule has 0 radical (unpaired) electrons. The minimum Gasteiger partial charge on any atom is -0.481 e. The van der Waals surface area contributed by atoms with Gasteiger partial charge in [-0.2, -0.15) is 5.21 Å². The van der Waals surface area contributed by atoms with Gasteiger partial charge in [-0.05, 0) is 56.5 Å². The predicted octanol–water partition coefficient (Wildman–Crippen LogP) is 3.22. The number of benzene rings is 1. The largest absolute Gasteiger partial charge is 0.481 e. The summed E-state index contributed by atoms with van der Waals surface area (Å²) in [6, 6.07) is 13.8. The maximum Gasteiger partial charge on any atom is 0.307 e. The minimum absolute atomic E-state index is 0.183. The lowest BCUT2D eigenvalue weighted by Crippen LogP contribution is -2.34. The van der Waals surface area contributed by atoms with Crippen LogP contribution in [0.25, 0.3) is 11.3 Å². The van der Waals surface area contributed by atoms with Crippen molar-refractivity contribution in [3.63, 3.8) is 0 Å². The highest BCUT2D eigenvalue weighted by atomic mass is 16.5. The van der Waals surface area contributed by atoms with Crippen molar-refractivity contribution >= 4 is 5.97 Å². The molecule has 4 rings (SSSR count). The third-order valence-corrected chi connectivity index (χ3v) is 6.07. The Bertz CT molecular complexity index is 1040. The molecule has 9 nitrogen and oxygen atoms in total. The molecule has 3 aromatic rings. The summed E-state index contributed by atoms with van der Waals surface area (Å²) in [6.45, 7) is 3.90. The van der Waals surface area contributed by atoms with E-state index >= 15 is 0 Å². The SMILES string of the molecule is CCCC(C(=O)O)C(Cc1cccc(-c2cccc(OC3CCNCC3)n2)c1)c1nn[nH]n1. The van der Waals surface area contributed by atoms with Gasteiger partial charge in [0.1, 0.15) is 6.10 Å². The van der Waals surface area contributed by atoms with Crippen molar-refractivity contribution < 1.29 is 14.6 Å².